The molecule has 1 heterocycles. The Labute approximate surface area is 232 Å². The van der Waals surface area contributed by atoms with Crippen molar-refractivity contribution in [2.45, 2.75) is 91.8 Å². The van der Waals surface area contributed by atoms with Crippen molar-refractivity contribution in [1.29, 1.82) is 0 Å². The first-order valence-corrected chi connectivity index (χ1v) is 14.1. The first-order valence-electron chi connectivity index (χ1n) is 14.1. The van der Waals surface area contributed by atoms with Gasteiger partial charge in [-0.1, -0.05) is 83.1 Å². The van der Waals surface area contributed by atoms with Gasteiger partial charge < -0.3 is 10.2 Å². The third-order valence-corrected chi connectivity index (χ3v) is 7.71. The number of benzene rings is 2. The first-order chi connectivity index (χ1) is 18.3. The third kappa shape index (κ3) is 6.66. The number of piperazine rings is 1. The van der Waals surface area contributed by atoms with E-state index >= 15 is 0 Å². The predicted octanol–water partition coefficient (Wildman–Crippen LogP) is 5.02. The lowest BCUT2D eigenvalue weighted by molar-refractivity contribution is -0.157. The Bertz CT molecular complexity index is 1230. The van der Waals surface area contributed by atoms with Crippen molar-refractivity contribution in [1.82, 2.24) is 10.2 Å². The minimum atomic E-state index is -0.898. The number of carbonyl (C=O) groups excluding carboxylic acids is 4. The lowest BCUT2D eigenvalue weighted by Crippen LogP contribution is -2.66. The maximum Gasteiger partial charge on any atom is 0.247 e. The number of amides is 2. The van der Waals surface area contributed by atoms with Crippen LogP contribution in [0.25, 0.3) is 0 Å². The van der Waals surface area contributed by atoms with E-state index in [1.54, 1.807) is 4.90 Å². The predicted molar refractivity (Wildman–Crippen MR) is 152 cm³/mol. The van der Waals surface area contributed by atoms with E-state index in [9.17, 15) is 19.2 Å². The van der Waals surface area contributed by atoms with Gasteiger partial charge in [0.05, 0.1) is 0 Å². The molecule has 2 aromatic rings. The zero-order valence-electron chi connectivity index (χ0n) is 24.1. The summed E-state index contributed by atoms with van der Waals surface area (Å²) in [6.07, 6.45) is 2.39. The van der Waals surface area contributed by atoms with Gasteiger partial charge in [-0.3, -0.25) is 19.2 Å². The summed E-state index contributed by atoms with van der Waals surface area (Å²) in [5.74, 6) is -0.376. The first kappa shape index (κ1) is 28.7. The Balaban J connectivity index is 1.79. The van der Waals surface area contributed by atoms with Crippen molar-refractivity contribution in [2.75, 3.05) is 0 Å². The number of nitrogens with zero attached hydrogens (tertiary/aromatic N) is 1. The van der Waals surface area contributed by atoms with Crippen molar-refractivity contribution in [3.8, 4) is 0 Å². The van der Waals surface area contributed by atoms with Crippen molar-refractivity contribution in [3.63, 3.8) is 0 Å². The van der Waals surface area contributed by atoms with Crippen LogP contribution in [-0.4, -0.2) is 40.4 Å². The quantitative estimate of drug-likeness (QED) is 0.493. The summed E-state index contributed by atoms with van der Waals surface area (Å²) in [6, 6.07) is 13.2. The van der Waals surface area contributed by atoms with Crippen LogP contribution in [0.5, 0.6) is 0 Å². The van der Waals surface area contributed by atoms with Crippen molar-refractivity contribution in [3.05, 3.63) is 70.8 Å². The smallest absolute Gasteiger partial charge is 0.247 e. The van der Waals surface area contributed by atoms with E-state index in [-0.39, 0.29) is 53.5 Å². The van der Waals surface area contributed by atoms with E-state index in [1.807, 2.05) is 71.0 Å². The van der Waals surface area contributed by atoms with Crippen LogP contribution in [0.2, 0.25) is 0 Å². The second-order valence-electron chi connectivity index (χ2n) is 13.0. The van der Waals surface area contributed by atoms with Gasteiger partial charge in [0.1, 0.15) is 23.9 Å². The summed E-state index contributed by atoms with van der Waals surface area (Å²) < 4.78 is 0. The molecule has 4 rings (SSSR count). The van der Waals surface area contributed by atoms with E-state index in [1.165, 1.54) is 18.1 Å². The van der Waals surface area contributed by atoms with Crippen LogP contribution in [0, 0.1) is 17.3 Å². The van der Waals surface area contributed by atoms with Gasteiger partial charge in [-0.25, -0.2) is 0 Å². The second-order valence-corrected chi connectivity index (χ2v) is 13.0. The topological polar surface area (TPSA) is 83.6 Å². The van der Waals surface area contributed by atoms with Gasteiger partial charge in [0.2, 0.25) is 11.8 Å². The fraction of sp³-hybridized carbons (Fsp3) is 0.515. The highest BCUT2D eigenvalue weighted by Gasteiger charge is 2.49. The van der Waals surface area contributed by atoms with E-state index < -0.39 is 18.1 Å². The second kappa shape index (κ2) is 11.4. The average Bonchev–Trinajstić information content (AvgIpc) is 3.26. The molecule has 0 spiro atoms. The molecule has 0 aromatic heterocycles. The molecule has 2 aliphatic rings. The molecule has 0 bridgehead atoms. The molecule has 2 aromatic carbocycles. The minimum absolute atomic E-state index is 0.0247. The summed E-state index contributed by atoms with van der Waals surface area (Å²) in [7, 11) is 0. The Morgan fingerprint density at radius 3 is 2.21 bits per heavy atom. The standard InChI is InChI=1S/C33H42N2O4/c1-20(2)14-27-31(38)34-29(26-17-23-11-7-8-12-24(23)18-26)32(39)35(27)30(28(37)19-33(4,5)6)25-13-9-10-22(16-25)15-21(3)36/h7-13,16,20,26-27,29-30H,14-15,17-19H2,1-6H3,(H,34,38)/t27-,29-,30-/m1/s1. The molecule has 208 valence electrons. The number of fused-ring (bicyclic) bond motifs is 1. The van der Waals surface area contributed by atoms with Crippen LogP contribution < -0.4 is 5.32 Å². The molecule has 2 amide bonds. The molecule has 1 N–H and O–H groups in total. The Morgan fingerprint density at radius 2 is 1.64 bits per heavy atom. The molecule has 1 saturated heterocycles. The lowest BCUT2D eigenvalue weighted by Gasteiger charge is -2.45. The molecule has 3 atom stereocenters. The molecule has 6 nitrogen and oxygen atoms in total. The van der Waals surface area contributed by atoms with Gasteiger partial charge in [0, 0.05) is 12.8 Å². The van der Waals surface area contributed by atoms with Crippen LogP contribution in [0.1, 0.15) is 82.7 Å². The van der Waals surface area contributed by atoms with Crippen LogP contribution in [0.15, 0.2) is 48.5 Å². The van der Waals surface area contributed by atoms with Crippen molar-refractivity contribution < 1.29 is 19.2 Å². The van der Waals surface area contributed by atoms with Crippen LogP contribution >= 0.6 is 0 Å². The maximum absolute atomic E-state index is 14.5. The average molecular weight is 531 g/mol. The van der Waals surface area contributed by atoms with Crippen LogP contribution in [-0.2, 0) is 38.4 Å². The zero-order chi connectivity index (χ0) is 28.5. The number of hydrogen-bond acceptors (Lipinski definition) is 4. The number of rotatable bonds is 9. The molecule has 0 radical (unpaired) electrons. The summed E-state index contributed by atoms with van der Waals surface area (Å²) in [5, 5.41) is 3.07. The minimum Gasteiger partial charge on any atom is -0.342 e. The molecular formula is C33H42N2O4. The highest BCUT2D eigenvalue weighted by Crippen LogP contribution is 2.37. The van der Waals surface area contributed by atoms with E-state index in [4.69, 9.17) is 0 Å². The largest absolute Gasteiger partial charge is 0.342 e. The van der Waals surface area contributed by atoms with E-state index in [0.717, 1.165) is 5.56 Å². The van der Waals surface area contributed by atoms with Crippen LogP contribution in [0.3, 0.4) is 0 Å². The molecule has 1 aliphatic heterocycles. The number of carbonyl (C=O) groups is 4. The Hall–Kier alpha value is -3.28. The molecule has 1 aliphatic carbocycles. The van der Waals surface area contributed by atoms with Gasteiger partial charge in [-0.15, -0.1) is 0 Å². The van der Waals surface area contributed by atoms with E-state index in [0.29, 0.717) is 24.8 Å². The van der Waals surface area contributed by atoms with E-state index in [2.05, 4.69) is 17.4 Å². The summed E-state index contributed by atoms with van der Waals surface area (Å²) in [4.78, 5) is 55.8. The normalized spacial score (nSPS) is 20.6. The van der Waals surface area contributed by atoms with Gasteiger partial charge >= 0.3 is 0 Å². The molecule has 6 heteroatoms. The van der Waals surface area contributed by atoms with Gasteiger partial charge in [-0.2, -0.15) is 0 Å². The maximum atomic E-state index is 14.5. The summed E-state index contributed by atoms with van der Waals surface area (Å²) in [5.41, 5.74) is 3.57. The van der Waals surface area contributed by atoms with Crippen molar-refractivity contribution in [2.24, 2.45) is 17.3 Å². The lowest BCUT2D eigenvalue weighted by atomic mass is 9.82. The van der Waals surface area contributed by atoms with Gasteiger partial charge in [-0.05, 0) is 65.7 Å². The number of hydrogen-bond donors (Lipinski definition) is 1. The SMILES string of the molecule is CC(=O)Cc1cccc([C@H](C(=O)CC(C)(C)C)N2C(=O)[C@@H](C3Cc4ccccc4C3)NC(=O)[C@H]2CC(C)C)c1. The molecule has 0 unspecified atom stereocenters. The van der Waals surface area contributed by atoms with Crippen molar-refractivity contribution >= 4 is 23.4 Å². The number of ketones is 2. The van der Waals surface area contributed by atoms with Crippen LogP contribution in [0.4, 0.5) is 0 Å². The molecule has 1 fully saturated rings. The third-order valence-electron chi connectivity index (χ3n) is 7.71. The number of Topliss-reactive ketones (excluding diaryl/α,β-unsaturated/α-hetero) is 2. The highest BCUT2D eigenvalue weighted by atomic mass is 16.2. The summed E-state index contributed by atoms with van der Waals surface area (Å²) >= 11 is 0. The fourth-order valence-electron chi connectivity index (χ4n) is 6.16. The monoisotopic (exact) mass is 530 g/mol. The highest BCUT2D eigenvalue weighted by molar-refractivity contribution is 6.01. The summed E-state index contributed by atoms with van der Waals surface area (Å²) in [6.45, 7) is 11.6. The molecular weight excluding hydrogens is 488 g/mol. The molecule has 39 heavy (non-hydrogen) atoms. The Morgan fingerprint density at radius 1 is 1.00 bits per heavy atom. The van der Waals surface area contributed by atoms with Gasteiger partial charge in [0.15, 0.2) is 5.78 Å². The fourth-order valence-corrected chi connectivity index (χ4v) is 6.16. The molecule has 0 saturated carbocycles. The zero-order valence-corrected chi connectivity index (χ0v) is 24.1. The Kier molecular flexibility index (Phi) is 8.43. The van der Waals surface area contributed by atoms with Gasteiger partial charge in [0.25, 0.3) is 0 Å². The number of nitrogens with one attached hydrogen (secondary N) is 1.